The summed E-state index contributed by atoms with van der Waals surface area (Å²) in [4.78, 5) is 14.8. The number of fused-ring (bicyclic) bond motifs is 3. The molecule has 0 fully saturated rings. The molecule has 2 amide bonds. The fourth-order valence-electron chi connectivity index (χ4n) is 6.12. The lowest BCUT2D eigenvalue weighted by atomic mass is 9.97. The minimum atomic E-state index is -0.233. The smallest absolute Gasteiger partial charge is 0.319 e. The molecule has 4 aromatic carbocycles. The number of carbonyl (C=O) groups is 1. The average molecular weight is 627 g/mol. The van der Waals surface area contributed by atoms with E-state index in [9.17, 15) is 4.79 Å². The van der Waals surface area contributed by atoms with Crippen molar-refractivity contribution in [2.24, 2.45) is 0 Å². The number of carbonyl (C=O) groups excluding carboxylic acids is 1. The summed E-state index contributed by atoms with van der Waals surface area (Å²) in [7, 11) is 3.36. The summed E-state index contributed by atoms with van der Waals surface area (Å²) in [6, 6.07) is 36.6. The molecule has 0 aliphatic heterocycles. The maximum Gasteiger partial charge on any atom is 0.319 e. The summed E-state index contributed by atoms with van der Waals surface area (Å²) < 4.78 is 13.1. The van der Waals surface area contributed by atoms with Crippen LogP contribution in [-0.2, 0) is 13.0 Å². The lowest BCUT2D eigenvalue weighted by molar-refractivity contribution is 0.252. The first-order valence-electron chi connectivity index (χ1n) is 15.2. The first kappa shape index (κ1) is 29.4. The van der Waals surface area contributed by atoms with Crippen LogP contribution in [0.25, 0.3) is 21.8 Å². The molecule has 1 aliphatic rings. The van der Waals surface area contributed by atoms with Crippen LogP contribution in [0.5, 0.6) is 11.5 Å². The van der Waals surface area contributed by atoms with Crippen molar-refractivity contribution in [3.05, 3.63) is 142 Å². The number of aryl methyl sites for hydroxylation is 1. The van der Waals surface area contributed by atoms with Gasteiger partial charge in [-0.2, -0.15) is 5.10 Å². The van der Waals surface area contributed by atoms with Crippen LogP contribution in [0.4, 0.5) is 10.5 Å². The van der Waals surface area contributed by atoms with Crippen LogP contribution < -0.4 is 20.1 Å². The second-order valence-electron chi connectivity index (χ2n) is 11.3. The van der Waals surface area contributed by atoms with Crippen molar-refractivity contribution in [1.82, 2.24) is 15.1 Å². The Morgan fingerprint density at radius 2 is 1.57 bits per heavy atom. The van der Waals surface area contributed by atoms with Gasteiger partial charge in [0.1, 0.15) is 23.2 Å². The minimum absolute atomic E-state index is 0.183. The Morgan fingerprint density at radius 1 is 0.870 bits per heavy atom. The number of thiophene rings is 1. The van der Waals surface area contributed by atoms with Crippen LogP contribution >= 0.6 is 11.3 Å². The van der Waals surface area contributed by atoms with E-state index in [2.05, 4.69) is 76.0 Å². The van der Waals surface area contributed by atoms with E-state index in [1.54, 1.807) is 25.6 Å². The van der Waals surface area contributed by atoms with E-state index in [1.807, 2.05) is 55.5 Å². The molecule has 2 heterocycles. The monoisotopic (exact) mass is 626 g/mol. The molecule has 2 N–H and O–H groups in total. The van der Waals surface area contributed by atoms with Gasteiger partial charge in [0.25, 0.3) is 0 Å². The molecule has 0 spiro atoms. The van der Waals surface area contributed by atoms with E-state index in [-0.39, 0.29) is 12.1 Å². The molecule has 0 atom stereocenters. The van der Waals surface area contributed by atoms with E-state index in [0.29, 0.717) is 6.54 Å². The summed E-state index contributed by atoms with van der Waals surface area (Å²) in [5, 5.41) is 11.3. The number of benzene rings is 4. The molecule has 46 heavy (non-hydrogen) atoms. The molecule has 6 aromatic rings. The van der Waals surface area contributed by atoms with Gasteiger partial charge in [0, 0.05) is 28.1 Å². The Bertz CT molecular complexity index is 1960. The number of hydrogen-bond donors (Lipinski definition) is 2. The van der Waals surface area contributed by atoms with Gasteiger partial charge in [0.05, 0.1) is 31.3 Å². The summed E-state index contributed by atoms with van der Waals surface area (Å²) in [5.41, 5.74) is 9.88. The quantitative estimate of drug-likeness (QED) is 0.169. The maximum absolute atomic E-state index is 12.6. The topological polar surface area (TPSA) is 77.4 Å². The van der Waals surface area contributed by atoms with E-state index >= 15 is 0 Å². The van der Waals surface area contributed by atoms with Gasteiger partial charge in [-0.3, -0.25) is 4.68 Å². The van der Waals surface area contributed by atoms with Crippen LogP contribution in [0.2, 0.25) is 0 Å². The fraction of sp³-hybridized carbons (Fsp3) is 0.158. The number of hydrogen-bond acceptors (Lipinski definition) is 5. The standard InChI is InChI=1S/C38H34N4O3S/c1-24-7-6-9-28(21-24)40-38(43)39-23-31-19-20-34(46-31)35-33-22-27-8-4-5-10-32(27)37(33)42(41-35)36(25-11-15-29(44-2)16-12-25)26-13-17-30(45-3)18-14-26/h4-21,36H,22-23H2,1-3H3,(H2,39,40,43). The number of urea groups is 1. The first-order chi connectivity index (χ1) is 22.5. The number of methoxy groups -OCH3 is 2. The SMILES string of the molecule is COc1ccc(C(c2ccc(OC)cc2)n2nc(-c3ccc(CNC(=O)Nc4cccc(C)c4)s3)c3c2-c2ccccc2C3)cc1. The normalized spacial score (nSPS) is 11.7. The molecule has 0 radical (unpaired) electrons. The number of nitrogens with zero attached hydrogens (tertiary/aromatic N) is 2. The molecular weight excluding hydrogens is 593 g/mol. The van der Waals surface area contributed by atoms with Crippen molar-refractivity contribution in [1.29, 1.82) is 0 Å². The van der Waals surface area contributed by atoms with Crippen molar-refractivity contribution in [2.75, 3.05) is 19.5 Å². The van der Waals surface area contributed by atoms with E-state index in [1.165, 1.54) is 16.7 Å². The number of ether oxygens (including phenoxy) is 2. The molecular formula is C38H34N4O3S. The lowest BCUT2D eigenvalue weighted by Crippen LogP contribution is -2.27. The molecule has 2 aromatic heterocycles. The average Bonchev–Trinajstić information content (AvgIpc) is 3.80. The van der Waals surface area contributed by atoms with Gasteiger partial charge in [0.15, 0.2) is 0 Å². The van der Waals surface area contributed by atoms with Crippen molar-refractivity contribution < 1.29 is 14.3 Å². The van der Waals surface area contributed by atoms with Crippen LogP contribution in [0.15, 0.2) is 109 Å². The maximum atomic E-state index is 12.6. The minimum Gasteiger partial charge on any atom is -0.497 e. The second-order valence-corrected chi connectivity index (χ2v) is 12.5. The number of anilines is 1. The predicted molar refractivity (Wildman–Crippen MR) is 184 cm³/mol. The largest absolute Gasteiger partial charge is 0.497 e. The molecule has 7 nitrogen and oxygen atoms in total. The Kier molecular flexibility index (Phi) is 8.03. The molecule has 1 aliphatic carbocycles. The summed E-state index contributed by atoms with van der Waals surface area (Å²) >= 11 is 1.66. The number of rotatable bonds is 9. The highest BCUT2D eigenvalue weighted by Gasteiger charge is 2.32. The van der Waals surface area contributed by atoms with Gasteiger partial charge in [-0.25, -0.2) is 4.79 Å². The Morgan fingerprint density at radius 3 is 2.24 bits per heavy atom. The van der Waals surface area contributed by atoms with Crippen molar-refractivity contribution in [2.45, 2.75) is 25.9 Å². The summed E-state index contributed by atoms with van der Waals surface area (Å²) in [5.74, 6) is 1.61. The molecule has 230 valence electrons. The van der Waals surface area contributed by atoms with Crippen molar-refractivity contribution in [3.8, 4) is 33.3 Å². The zero-order valence-corrected chi connectivity index (χ0v) is 26.7. The predicted octanol–water partition coefficient (Wildman–Crippen LogP) is 8.47. The Labute approximate surface area is 272 Å². The van der Waals surface area contributed by atoms with Gasteiger partial charge in [-0.1, -0.05) is 60.7 Å². The van der Waals surface area contributed by atoms with Gasteiger partial charge in [0.2, 0.25) is 0 Å². The zero-order valence-electron chi connectivity index (χ0n) is 25.9. The summed E-state index contributed by atoms with van der Waals surface area (Å²) in [6.45, 7) is 2.43. The van der Waals surface area contributed by atoms with E-state index in [0.717, 1.165) is 61.4 Å². The van der Waals surface area contributed by atoms with Crippen molar-refractivity contribution in [3.63, 3.8) is 0 Å². The van der Waals surface area contributed by atoms with E-state index < -0.39 is 0 Å². The molecule has 8 heteroatoms. The van der Waals surface area contributed by atoms with Crippen LogP contribution in [0, 0.1) is 6.92 Å². The van der Waals surface area contributed by atoms with Gasteiger partial charge < -0.3 is 20.1 Å². The highest BCUT2D eigenvalue weighted by atomic mass is 32.1. The van der Waals surface area contributed by atoms with Crippen LogP contribution in [-0.4, -0.2) is 30.0 Å². The number of nitrogens with one attached hydrogen (secondary N) is 2. The third-order valence-electron chi connectivity index (χ3n) is 8.35. The van der Waals surface area contributed by atoms with Gasteiger partial charge in [-0.15, -0.1) is 11.3 Å². The third-order valence-corrected chi connectivity index (χ3v) is 9.44. The first-order valence-corrected chi connectivity index (χ1v) is 16.0. The molecule has 7 rings (SSSR count). The van der Waals surface area contributed by atoms with Crippen molar-refractivity contribution >= 4 is 23.1 Å². The van der Waals surface area contributed by atoms with Crippen LogP contribution in [0.3, 0.4) is 0 Å². The lowest BCUT2D eigenvalue weighted by Gasteiger charge is -2.22. The second kappa shape index (κ2) is 12.6. The number of aromatic nitrogens is 2. The molecule has 0 unspecified atom stereocenters. The number of amides is 2. The molecule has 0 saturated heterocycles. The highest BCUT2D eigenvalue weighted by Crippen LogP contribution is 2.46. The third kappa shape index (κ3) is 5.75. The fourth-order valence-corrected chi connectivity index (χ4v) is 7.08. The van der Waals surface area contributed by atoms with E-state index in [4.69, 9.17) is 14.6 Å². The highest BCUT2D eigenvalue weighted by molar-refractivity contribution is 7.15. The van der Waals surface area contributed by atoms with Gasteiger partial charge in [-0.05, 0) is 77.7 Å². The van der Waals surface area contributed by atoms with Gasteiger partial charge >= 0.3 is 6.03 Å². The Hall–Kier alpha value is -5.34. The molecule has 0 saturated carbocycles. The van der Waals surface area contributed by atoms with Crippen LogP contribution in [0.1, 0.15) is 38.7 Å². The zero-order chi connectivity index (χ0) is 31.6. The summed E-state index contributed by atoms with van der Waals surface area (Å²) in [6.07, 6.45) is 0.809. The Balaban J connectivity index is 1.25. The molecule has 0 bridgehead atoms.